The number of carbonyl (C=O) groups excluding carboxylic acids is 2. The van der Waals surface area contributed by atoms with Crippen molar-refractivity contribution < 1.29 is 52.1 Å². The molecule has 0 saturated carbocycles. The summed E-state index contributed by atoms with van der Waals surface area (Å²) in [5.74, 6) is -3.45. The molecule has 3 aromatic carbocycles. The van der Waals surface area contributed by atoms with Crippen LogP contribution >= 0.6 is 12.4 Å². The number of hydrogen-bond acceptors (Lipinski definition) is 11. The van der Waals surface area contributed by atoms with Crippen molar-refractivity contribution in [2.75, 3.05) is 33.4 Å². The van der Waals surface area contributed by atoms with E-state index in [0.29, 0.717) is 24.5 Å². The monoisotopic (exact) mass is 721 g/mol. The Kier molecular flexibility index (Phi) is 13.8. The second kappa shape index (κ2) is 17.5. The molecule has 4 rings (SSSR count). The minimum atomic E-state index is -5.05. The molecule has 268 valence electrons. The number of phenolic OH excluding ortho intramolecular Hbond substituents is 1. The molecule has 0 aromatic heterocycles. The number of halogens is 4. The predicted octanol–water partition coefficient (Wildman–Crippen LogP) is 5.16. The fourth-order valence-electron chi connectivity index (χ4n) is 5.22. The van der Waals surface area contributed by atoms with Crippen LogP contribution in [0, 0.1) is 10.1 Å². The molecule has 0 aliphatic carbocycles. The molecule has 12 nitrogen and oxygen atoms in total. The first kappa shape index (κ1) is 39.3. The maximum Gasteiger partial charge on any atom is 0.431 e. The molecule has 0 bridgehead atoms. The highest BCUT2D eigenvalue weighted by Gasteiger charge is 2.47. The Labute approximate surface area is 291 Å². The number of esters is 2. The second-order valence-electron chi connectivity index (χ2n) is 10.9. The molecule has 3 aromatic rings. The third-order valence-electron chi connectivity index (χ3n) is 7.57. The lowest BCUT2D eigenvalue weighted by molar-refractivity contribution is -0.384. The minimum absolute atomic E-state index is 0. The van der Waals surface area contributed by atoms with E-state index in [1.165, 1.54) is 31.2 Å². The quantitative estimate of drug-likeness (QED) is 0.0751. The Hall–Kier alpha value is -5.12. The number of hydrogen-bond donors (Lipinski definition) is 4. The molecule has 1 heterocycles. The molecule has 0 spiro atoms. The van der Waals surface area contributed by atoms with Crippen LogP contribution < -0.4 is 15.4 Å². The Bertz CT molecular complexity index is 1750. The van der Waals surface area contributed by atoms with Gasteiger partial charge in [0, 0.05) is 37.3 Å². The number of dihydropyridines is 1. The average Bonchev–Trinajstić information content (AvgIpc) is 3.07. The highest BCUT2D eigenvalue weighted by molar-refractivity contribution is 6.00. The Morgan fingerprint density at radius 3 is 2.36 bits per heavy atom. The van der Waals surface area contributed by atoms with Crippen LogP contribution in [-0.4, -0.2) is 66.7 Å². The number of alkyl halides is 3. The lowest BCUT2D eigenvalue weighted by Crippen LogP contribution is -2.38. The topological polar surface area (TPSA) is 169 Å². The molecule has 0 radical (unpaired) electrons. The van der Waals surface area contributed by atoms with Crippen LogP contribution in [0.1, 0.15) is 35.6 Å². The number of methoxy groups -OCH3 is 1. The Morgan fingerprint density at radius 1 is 1.02 bits per heavy atom. The van der Waals surface area contributed by atoms with Gasteiger partial charge in [0.05, 0.1) is 41.8 Å². The summed E-state index contributed by atoms with van der Waals surface area (Å²) < 4.78 is 58.1. The highest BCUT2D eigenvalue weighted by atomic mass is 35.5. The van der Waals surface area contributed by atoms with Crippen LogP contribution in [0.2, 0.25) is 0 Å². The summed E-state index contributed by atoms with van der Waals surface area (Å²) >= 11 is 0. The van der Waals surface area contributed by atoms with E-state index >= 15 is 0 Å². The van der Waals surface area contributed by atoms with E-state index in [-0.39, 0.29) is 54.6 Å². The summed E-state index contributed by atoms with van der Waals surface area (Å²) in [5.41, 5.74) is -2.19. The fourth-order valence-corrected chi connectivity index (χ4v) is 5.22. The van der Waals surface area contributed by atoms with E-state index < -0.39 is 52.0 Å². The van der Waals surface area contributed by atoms with Crippen LogP contribution in [0.25, 0.3) is 0 Å². The number of ether oxygens (including phenoxy) is 3. The molecule has 50 heavy (non-hydrogen) atoms. The summed E-state index contributed by atoms with van der Waals surface area (Å²) in [4.78, 5) is 36.9. The largest absolute Gasteiger partial charge is 0.508 e. The van der Waals surface area contributed by atoms with Gasteiger partial charge in [-0.25, -0.2) is 9.59 Å². The van der Waals surface area contributed by atoms with Gasteiger partial charge in [-0.2, -0.15) is 13.2 Å². The molecule has 2 atom stereocenters. The molecule has 0 fully saturated rings. The van der Waals surface area contributed by atoms with Gasteiger partial charge in [-0.15, -0.1) is 12.4 Å². The first-order chi connectivity index (χ1) is 23.3. The number of nitrogens with zero attached hydrogens (tertiary/aromatic N) is 1. The van der Waals surface area contributed by atoms with Gasteiger partial charge in [-0.3, -0.25) is 10.1 Å². The lowest BCUT2D eigenvalue weighted by Gasteiger charge is -2.31. The number of non-ortho nitro benzene ring substituents is 1. The van der Waals surface area contributed by atoms with E-state index in [2.05, 4.69) is 15.4 Å². The van der Waals surface area contributed by atoms with Crippen LogP contribution in [0.3, 0.4) is 0 Å². The molecule has 0 saturated heterocycles. The van der Waals surface area contributed by atoms with E-state index in [0.717, 1.165) is 24.8 Å². The lowest BCUT2D eigenvalue weighted by atomic mass is 9.80. The maximum absolute atomic E-state index is 14.1. The number of nitro groups is 1. The van der Waals surface area contributed by atoms with Crippen molar-refractivity contribution in [2.45, 2.75) is 31.5 Å². The fraction of sp³-hybridized carbons (Fsp3) is 0.294. The van der Waals surface area contributed by atoms with Crippen molar-refractivity contribution in [3.63, 3.8) is 0 Å². The number of aliphatic hydroxyl groups is 1. The van der Waals surface area contributed by atoms with Crippen LogP contribution in [0.15, 0.2) is 95.3 Å². The summed E-state index contributed by atoms with van der Waals surface area (Å²) in [6, 6.07) is 17.9. The zero-order chi connectivity index (χ0) is 35.7. The smallest absolute Gasteiger partial charge is 0.431 e. The SMILES string of the molecule is COC(=O)C1=C(C(F)(F)F)NC(C)=C(C(=O)OCCc2ccc(OCCNCC(O)c3cccc(O)c3)cc2)C1c1cccc([N+](=O)[O-])c1.Cl. The minimum Gasteiger partial charge on any atom is -0.508 e. The summed E-state index contributed by atoms with van der Waals surface area (Å²) in [6.45, 7) is 2.04. The number of benzene rings is 3. The zero-order valence-corrected chi connectivity index (χ0v) is 27.7. The number of nitro benzene ring substituents is 1. The predicted molar refractivity (Wildman–Crippen MR) is 177 cm³/mol. The van der Waals surface area contributed by atoms with E-state index in [1.54, 1.807) is 36.4 Å². The van der Waals surface area contributed by atoms with Gasteiger partial charge >= 0.3 is 18.1 Å². The third-order valence-corrected chi connectivity index (χ3v) is 7.57. The Balaban J connectivity index is 0.00000676. The van der Waals surface area contributed by atoms with Crippen molar-refractivity contribution in [3.05, 3.63) is 122 Å². The third kappa shape index (κ3) is 9.96. The van der Waals surface area contributed by atoms with Crippen molar-refractivity contribution in [1.82, 2.24) is 10.6 Å². The van der Waals surface area contributed by atoms with Gasteiger partial charge in [0.1, 0.15) is 23.8 Å². The number of allylic oxidation sites excluding steroid dienone is 2. The van der Waals surface area contributed by atoms with Gasteiger partial charge < -0.3 is 35.1 Å². The zero-order valence-electron chi connectivity index (χ0n) is 26.9. The maximum atomic E-state index is 14.1. The highest BCUT2D eigenvalue weighted by Crippen LogP contribution is 2.44. The second-order valence-corrected chi connectivity index (χ2v) is 10.9. The normalized spacial score (nSPS) is 15.0. The van der Waals surface area contributed by atoms with Gasteiger partial charge in [-0.05, 0) is 47.9 Å². The van der Waals surface area contributed by atoms with Gasteiger partial charge in [0.25, 0.3) is 5.69 Å². The van der Waals surface area contributed by atoms with Gasteiger partial charge in [-0.1, -0.05) is 36.4 Å². The van der Waals surface area contributed by atoms with Crippen molar-refractivity contribution >= 4 is 30.0 Å². The number of aliphatic hydroxyl groups excluding tert-OH is 1. The number of carbonyl (C=O) groups is 2. The number of rotatable bonds is 14. The van der Waals surface area contributed by atoms with Crippen LogP contribution in [-0.2, 0) is 25.5 Å². The standard InChI is InChI=1S/C34H34F3N3O9.ClH/c1-20-28(29(23-6-3-7-24(17-23)40(45)46)30(32(43)47-2)31(39-20)34(35,36)37)33(44)49-15-13-21-9-11-26(12-10-21)48-16-14-38-19-27(42)22-5-4-8-25(41)18-22;/h3-12,17-18,27,29,38-39,41-42H,13-16,19H2,1-2H3;1H. The molecule has 16 heteroatoms. The molecule has 2 unspecified atom stereocenters. The first-order valence-electron chi connectivity index (χ1n) is 15.0. The summed E-state index contributed by atoms with van der Waals surface area (Å²) in [5, 5.41) is 36.4. The average molecular weight is 722 g/mol. The molecule has 1 aliphatic heterocycles. The molecular formula is C34H35ClF3N3O9. The summed E-state index contributed by atoms with van der Waals surface area (Å²) in [7, 11) is 0.885. The van der Waals surface area contributed by atoms with Crippen molar-refractivity contribution in [1.29, 1.82) is 0 Å². The van der Waals surface area contributed by atoms with Crippen LogP contribution in [0.4, 0.5) is 18.9 Å². The van der Waals surface area contributed by atoms with Gasteiger partial charge in [0.15, 0.2) is 0 Å². The van der Waals surface area contributed by atoms with Crippen LogP contribution in [0.5, 0.6) is 11.5 Å². The number of nitrogens with one attached hydrogen (secondary N) is 2. The van der Waals surface area contributed by atoms with E-state index in [1.807, 2.05) is 0 Å². The van der Waals surface area contributed by atoms with E-state index in [4.69, 9.17) is 9.47 Å². The van der Waals surface area contributed by atoms with Gasteiger partial charge in [0.2, 0.25) is 0 Å². The molecule has 0 amide bonds. The van der Waals surface area contributed by atoms with E-state index in [9.17, 15) is 43.1 Å². The molecule has 1 aliphatic rings. The number of aromatic hydroxyl groups is 1. The Morgan fingerprint density at radius 2 is 1.72 bits per heavy atom. The summed E-state index contributed by atoms with van der Waals surface area (Å²) in [6.07, 6.45) is -5.62. The molecular weight excluding hydrogens is 687 g/mol. The molecule has 4 N–H and O–H groups in total. The first-order valence-corrected chi connectivity index (χ1v) is 15.0. The van der Waals surface area contributed by atoms with Crippen molar-refractivity contribution in [2.24, 2.45) is 0 Å². The van der Waals surface area contributed by atoms with Crippen molar-refractivity contribution in [3.8, 4) is 11.5 Å². The number of phenols is 1.